The van der Waals surface area contributed by atoms with Crippen molar-refractivity contribution in [2.45, 2.75) is 6.18 Å². The molecule has 0 bridgehead atoms. The second-order valence-corrected chi connectivity index (χ2v) is 1.36. The minimum atomic E-state index is -5.26. The molecule has 0 saturated carbocycles. The van der Waals surface area contributed by atoms with Gasteiger partial charge in [-0.05, 0) is 0 Å². The molecule has 0 saturated heterocycles. The van der Waals surface area contributed by atoms with Crippen molar-refractivity contribution >= 4 is 0 Å². The Labute approximate surface area is 57.9 Å². The fraction of sp³-hybridized carbons (Fsp3) is 0.500. The van der Waals surface area contributed by atoms with E-state index in [-0.39, 0.29) is 0 Å². The fourth-order valence-corrected chi connectivity index (χ4v) is 0.308. The highest BCUT2D eigenvalue weighted by Gasteiger charge is 2.40. The van der Waals surface area contributed by atoms with E-state index in [1.807, 2.05) is 0 Å². The second kappa shape index (κ2) is 3.51. The van der Waals surface area contributed by atoms with Crippen LogP contribution in [0.2, 0.25) is 0 Å². The normalized spacial score (nSPS) is 11.1. The number of rotatable bonds is 2. The smallest absolute Gasteiger partial charge is 0.454 e. The van der Waals surface area contributed by atoms with Crippen LogP contribution in [0.5, 0.6) is 0 Å². The van der Waals surface area contributed by atoms with Gasteiger partial charge in [0.15, 0.2) is 6.79 Å². The molecule has 0 unspecified atom stereocenters. The van der Waals surface area contributed by atoms with Gasteiger partial charge < -0.3 is 9.84 Å². The summed E-state index contributed by atoms with van der Waals surface area (Å²) < 4.78 is 60.0. The minimum absolute atomic E-state index is 1.44. The van der Waals surface area contributed by atoms with E-state index in [9.17, 15) is 22.0 Å². The molecule has 0 radical (unpaired) electrons. The van der Waals surface area contributed by atoms with Gasteiger partial charge in [0.05, 0.1) is 0 Å². The third-order valence-electron chi connectivity index (χ3n) is 0.638. The summed E-state index contributed by atoms with van der Waals surface area (Å²) in [5, 5.41) is 7.76. The van der Waals surface area contributed by atoms with E-state index in [0.717, 1.165) is 0 Å². The highest BCUT2D eigenvalue weighted by molar-refractivity contribution is 5.00. The summed E-state index contributed by atoms with van der Waals surface area (Å²) in [7, 11) is 0. The van der Waals surface area contributed by atoms with Crippen LogP contribution in [0.25, 0.3) is 0 Å². The molecule has 7 heteroatoms. The number of hydrogen-bond donors (Lipinski definition) is 1. The molecule has 0 amide bonds. The van der Waals surface area contributed by atoms with Crippen LogP contribution in [0.15, 0.2) is 11.8 Å². The molecule has 0 atom stereocenters. The Balaban J connectivity index is 4.50. The maximum Gasteiger partial charge on any atom is 0.454 e. The van der Waals surface area contributed by atoms with Gasteiger partial charge in [0, 0.05) is 0 Å². The van der Waals surface area contributed by atoms with Gasteiger partial charge in [-0.15, -0.1) is 0 Å². The van der Waals surface area contributed by atoms with Crippen LogP contribution in [0.4, 0.5) is 22.0 Å². The zero-order valence-corrected chi connectivity index (χ0v) is 4.95. The standard InChI is InChI=1S/C4H3F5O2/c5-3(6)2(11-1-10)4(7,8)9/h10H,1H2. The molecule has 0 fully saturated rings. The van der Waals surface area contributed by atoms with E-state index in [4.69, 9.17) is 5.11 Å². The van der Waals surface area contributed by atoms with Gasteiger partial charge in [-0.3, -0.25) is 0 Å². The largest absolute Gasteiger partial charge is 0.458 e. The Hall–Kier alpha value is -0.850. The van der Waals surface area contributed by atoms with Crippen LogP contribution in [-0.4, -0.2) is 18.1 Å². The lowest BCUT2D eigenvalue weighted by atomic mass is 10.5. The zero-order chi connectivity index (χ0) is 9.07. The monoisotopic (exact) mass is 178 g/mol. The molecular formula is C4H3F5O2. The van der Waals surface area contributed by atoms with Crippen molar-refractivity contribution in [3.63, 3.8) is 0 Å². The van der Waals surface area contributed by atoms with Gasteiger partial charge >= 0.3 is 12.3 Å². The Kier molecular flexibility index (Phi) is 3.24. The lowest BCUT2D eigenvalue weighted by Crippen LogP contribution is -2.16. The second-order valence-electron chi connectivity index (χ2n) is 1.36. The van der Waals surface area contributed by atoms with E-state index in [2.05, 4.69) is 4.74 Å². The fourth-order valence-electron chi connectivity index (χ4n) is 0.308. The molecule has 0 aromatic rings. The van der Waals surface area contributed by atoms with Crippen molar-refractivity contribution in [3.8, 4) is 0 Å². The lowest BCUT2D eigenvalue weighted by molar-refractivity contribution is -0.150. The SMILES string of the molecule is OCOC(=C(F)F)C(F)(F)F. The molecule has 0 aliphatic carbocycles. The van der Waals surface area contributed by atoms with Gasteiger partial charge in [-0.2, -0.15) is 22.0 Å². The van der Waals surface area contributed by atoms with Crippen LogP contribution in [0.1, 0.15) is 0 Å². The molecule has 2 nitrogen and oxygen atoms in total. The van der Waals surface area contributed by atoms with Gasteiger partial charge in [0.25, 0.3) is 5.76 Å². The molecule has 1 N–H and O–H groups in total. The van der Waals surface area contributed by atoms with E-state index >= 15 is 0 Å². The molecule has 0 spiro atoms. The first-order valence-electron chi connectivity index (χ1n) is 2.25. The Morgan fingerprint density at radius 3 is 1.82 bits per heavy atom. The predicted molar refractivity (Wildman–Crippen MR) is 23.5 cm³/mol. The summed E-state index contributed by atoms with van der Waals surface area (Å²) in [5.74, 6) is -2.46. The van der Waals surface area contributed by atoms with Crippen LogP contribution in [0, 0.1) is 0 Å². The van der Waals surface area contributed by atoms with E-state index in [1.165, 1.54) is 0 Å². The average Bonchev–Trinajstić information content (AvgIpc) is 1.79. The van der Waals surface area contributed by atoms with Crippen molar-refractivity contribution < 1.29 is 31.8 Å². The Bertz CT molecular complexity index is 156. The third-order valence-corrected chi connectivity index (χ3v) is 0.638. The quantitative estimate of drug-likeness (QED) is 0.395. The summed E-state index contributed by atoms with van der Waals surface area (Å²) in [6.45, 7) is -1.44. The maximum absolute atomic E-state index is 11.4. The number of halogens is 5. The van der Waals surface area contributed by atoms with Gasteiger partial charge in [-0.25, -0.2) is 0 Å². The molecule has 0 rings (SSSR count). The molecule has 0 aliphatic rings. The van der Waals surface area contributed by atoms with E-state index in [1.54, 1.807) is 0 Å². The molecule has 66 valence electrons. The van der Waals surface area contributed by atoms with Crippen LogP contribution in [0.3, 0.4) is 0 Å². The topological polar surface area (TPSA) is 29.5 Å². The highest BCUT2D eigenvalue weighted by Crippen LogP contribution is 2.29. The summed E-state index contributed by atoms with van der Waals surface area (Å²) in [5.41, 5.74) is 0. The maximum atomic E-state index is 11.4. The van der Waals surface area contributed by atoms with Crippen molar-refractivity contribution in [2.75, 3.05) is 6.79 Å². The first kappa shape index (κ1) is 10.2. The third kappa shape index (κ3) is 3.17. The summed E-state index contributed by atoms with van der Waals surface area (Å²) in [4.78, 5) is 0. The van der Waals surface area contributed by atoms with E-state index in [0.29, 0.717) is 0 Å². The first-order valence-corrected chi connectivity index (χ1v) is 2.25. The molecule has 0 aromatic carbocycles. The first-order chi connectivity index (χ1) is 4.89. The average molecular weight is 178 g/mol. The Morgan fingerprint density at radius 1 is 1.27 bits per heavy atom. The van der Waals surface area contributed by atoms with Crippen molar-refractivity contribution in [3.05, 3.63) is 11.8 Å². The van der Waals surface area contributed by atoms with Gasteiger partial charge in [0.2, 0.25) is 0 Å². The number of ether oxygens (including phenoxy) is 1. The van der Waals surface area contributed by atoms with Crippen LogP contribution in [-0.2, 0) is 4.74 Å². The van der Waals surface area contributed by atoms with Crippen molar-refractivity contribution in [2.24, 2.45) is 0 Å². The summed E-state index contributed by atoms with van der Waals surface area (Å²) in [6, 6.07) is 0. The summed E-state index contributed by atoms with van der Waals surface area (Å²) in [6.07, 6.45) is -8.27. The molecule has 0 aliphatic heterocycles. The summed E-state index contributed by atoms with van der Waals surface area (Å²) >= 11 is 0. The number of hydrogen-bond acceptors (Lipinski definition) is 2. The predicted octanol–water partition coefficient (Wildman–Crippen LogP) is 1.62. The minimum Gasteiger partial charge on any atom is -0.458 e. The van der Waals surface area contributed by atoms with E-state index < -0.39 is 24.8 Å². The van der Waals surface area contributed by atoms with Crippen molar-refractivity contribution in [1.82, 2.24) is 0 Å². The van der Waals surface area contributed by atoms with Gasteiger partial charge in [-0.1, -0.05) is 0 Å². The molecule has 0 aromatic heterocycles. The Morgan fingerprint density at radius 2 is 1.73 bits per heavy atom. The number of alkyl halides is 3. The molecule has 11 heavy (non-hydrogen) atoms. The highest BCUT2D eigenvalue weighted by atomic mass is 19.4. The zero-order valence-electron chi connectivity index (χ0n) is 4.95. The molecule has 0 heterocycles. The van der Waals surface area contributed by atoms with Gasteiger partial charge in [0.1, 0.15) is 0 Å². The number of aliphatic hydroxyl groups is 1. The molecular weight excluding hydrogens is 175 g/mol. The van der Waals surface area contributed by atoms with Crippen LogP contribution < -0.4 is 0 Å². The lowest BCUT2D eigenvalue weighted by Gasteiger charge is -2.08. The number of aliphatic hydroxyl groups excluding tert-OH is 1. The number of allylic oxidation sites excluding steroid dienone is 1. The van der Waals surface area contributed by atoms with Crippen molar-refractivity contribution in [1.29, 1.82) is 0 Å². The van der Waals surface area contributed by atoms with Crippen LogP contribution >= 0.6 is 0 Å².